The van der Waals surface area contributed by atoms with Gasteiger partial charge in [-0.2, -0.15) is 0 Å². The summed E-state index contributed by atoms with van der Waals surface area (Å²) in [6.07, 6.45) is 1.04. The molecule has 0 radical (unpaired) electrons. The Morgan fingerprint density at radius 3 is 2.58 bits per heavy atom. The Balaban J connectivity index is 2.48. The van der Waals surface area contributed by atoms with E-state index in [9.17, 15) is 9.90 Å². The Kier molecular flexibility index (Phi) is 3.33. The highest BCUT2D eigenvalue weighted by Crippen LogP contribution is 2.37. The number of carbonyl (C=O) groups is 1. The highest BCUT2D eigenvalue weighted by atomic mass is 16.4. The molecule has 0 aromatic heterocycles. The summed E-state index contributed by atoms with van der Waals surface area (Å²) < 4.78 is 0. The number of hydrogen-bond donors (Lipinski definition) is 1. The van der Waals surface area contributed by atoms with Crippen LogP contribution < -0.4 is 4.90 Å². The van der Waals surface area contributed by atoms with Crippen LogP contribution in [0.4, 0.5) is 5.69 Å². The van der Waals surface area contributed by atoms with Gasteiger partial charge in [0, 0.05) is 17.8 Å². The van der Waals surface area contributed by atoms with E-state index in [0.717, 1.165) is 12.0 Å². The fraction of sp³-hybridized carbons (Fsp3) is 0.562. The molecule has 1 aromatic rings. The first-order chi connectivity index (χ1) is 8.75. The first-order valence-corrected chi connectivity index (χ1v) is 6.90. The maximum atomic E-state index is 11.4. The molecule has 0 aliphatic carbocycles. The first kappa shape index (κ1) is 13.9. The molecular formula is C16H23NO2. The maximum Gasteiger partial charge on any atom is 0.313 e. The van der Waals surface area contributed by atoms with Crippen molar-refractivity contribution in [1.82, 2.24) is 0 Å². The Morgan fingerprint density at radius 1 is 1.42 bits per heavy atom. The van der Waals surface area contributed by atoms with Crippen molar-refractivity contribution in [2.24, 2.45) is 0 Å². The lowest BCUT2D eigenvalue weighted by molar-refractivity contribution is -0.142. The van der Waals surface area contributed by atoms with Gasteiger partial charge in [0.1, 0.15) is 0 Å². The van der Waals surface area contributed by atoms with Gasteiger partial charge in [0.05, 0.1) is 5.41 Å². The molecule has 1 aromatic carbocycles. The Morgan fingerprint density at radius 2 is 2.05 bits per heavy atom. The SMILES string of the molecule is CC(C)N1c2cc(C(C)(C)C(=O)O)ccc2CC1C. The molecule has 19 heavy (non-hydrogen) atoms. The molecule has 1 atom stereocenters. The van der Waals surface area contributed by atoms with Crippen molar-refractivity contribution < 1.29 is 9.90 Å². The average Bonchev–Trinajstić information content (AvgIpc) is 2.63. The van der Waals surface area contributed by atoms with Crippen LogP contribution in [0.3, 0.4) is 0 Å². The Labute approximate surface area is 115 Å². The van der Waals surface area contributed by atoms with Crippen molar-refractivity contribution >= 4 is 11.7 Å². The van der Waals surface area contributed by atoms with E-state index in [1.54, 1.807) is 13.8 Å². The second-order valence-electron chi connectivity index (χ2n) is 6.33. The topological polar surface area (TPSA) is 40.5 Å². The second kappa shape index (κ2) is 4.55. The zero-order valence-corrected chi connectivity index (χ0v) is 12.4. The van der Waals surface area contributed by atoms with Crippen LogP contribution in [-0.2, 0) is 16.6 Å². The van der Waals surface area contributed by atoms with E-state index < -0.39 is 11.4 Å². The maximum absolute atomic E-state index is 11.4. The molecule has 0 bridgehead atoms. The van der Waals surface area contributed by atoms with Crippen LogP contribution in [0, 0.1) is 0 Å². The standard InChI is InChI=1S/C16H23NO2/c1-10(2)17-11(3)8-12-6-7-13(9-14(12)17)16(4,5)15(18)19/h6-7,9-11H,8H2,1-5H3,(H,18,19). The fourth-order valence-corrected chi connectivity index (χ4v) is 2.93. The van der Waals surface area contributed by atoms with Crippen LogP contribution in [0.25, 0.3) is 0 Å². The van der Waals surface area contributed by atoms with Crippen molar-refractivity contribution in [2.45, 2.75) is 58.5 Å². The molecule has 0 spiro atoms. The minimum atomic E-state index is -0.844. The zero-order valence-electron chi connectivity index (χ0n) is 12.4. The van der Waals surface area contributed by atoms with Crippen molar-refractivity contribution in [3.63, 3.8) is 0 Å². The van der Waals surface area contributed by atoms with E-state index in [0.29, 0.717) is 12.1 Å². The van der Waals surface area contributed by atoms with E-state index in [1.807, 2.05) is 6.07 Å². The number of fused-ring (bicyclic) bond motifs is 1. The zero-order chi connectivity index (χ0) is 14.4. The summed E-state index contributed by atoms with van der Waals surface area (Å²) in [4.78, 5) is 13.8. The lowest BCUT2D eigenvalue weighted by atomic mass is 9.84. The normalized spacial score (nSPS) is 18.8. The smallest absolute Gasteiger partial charge is 0.313 e. The molecule has 1 aliphatic rings. The van der Waals surface area contributed by atoms with Crippen LogP contribution in [0.5, 0.6) is 0 Å². The van der Waals surface area contributed by atoms with E-state index in [-0.39, 0.29) is 0 Å². The third-order valence-corrected chi connectivity index (χ3v) is 4.17. The van der Waals surface area contributed by atoms with Gasteiger partial charge in [0.15, 0.2) is 0 Å². The fourth-order valence-electron chi connectivity index (χ4n) is 2.93. The molecule has 0 saturated heterocycles. The van der Waals surface area contributed by atoms with Crippen LogP contribution in [-0.4, -0.2) is 23.2 Å². The van der Waals surface area contributed by atoms with Gasteiger partial charge < -0.3 is 10.0 Å². The minimum Gasteiger partial charge on any atom is -0.481 e. The molecule has 3 nitrogen and oxygen atoms in total. The number of carboxylic acid groups (broad SMARTS) is 1. The summed E-state index contributed by atoms with van der Waals surface area (Å²) in [5, 5.41) is 9.36. The number of nitrogens with zero attached hydrogens (tertiary/aromatic N) is 1. The molecule has 0 saturated carbocycles. The van der Waals surface area contributed by atoms with Crippen molar-refractivity contribution in [3.8, 4) is 0 Å². The number of benzene rings is 1. The predicted octanol–water partition coefficient (Wildman–Crippen LogP) is 3.21. The number of anilines is 1. The van der Waals surface area contributed by atoms with Gasteiger partial charge in [0.25, 0.3) is 0 Å². The number of hydrogen-bond acceptors (Lipinski definition) is 2. The van der Waals surface area contributed by atoms with E-state index >= 15 is 0 Å². The van der Waals surface area contributed by atoms with Gasteiger partial charge >= 0.3 is 5.97 Å². The summed E-state index contributed by atoms with van der Waals surface area (Å²) in [7, 11) is 0. The Hall–Kier alpha value is -1.51. The molecule has 104 valence electrons. The van der Waals surface area contributed by atoms with E-state index in [4.69, 9.17) is 0 Å². The molecule has 1 heterocycles. The van der Waals surface area contributed by atoms with Crippen LogP contribution in [0.15, 0.2) is 18.2 Å². The highest BCUT2D eigenvalue weighted by Gasteiger charge is 2.33. The molecular weight excluding hydrogens is 238 g/mol. The summed E-state index contributed by atoms with van der Waals surface area (Å²) in [5.41, 5.74) is 2.56. The summed E-state index contributed by atoms with van der Waals surface area (Å²) in [5.74, 6) is -0.783. The number of aliphatic carboxylic acids is 1. The van der Waals surface area contributed by atoms with Crippen molar-refractivity contribution in [1.29, 1.82) is 0 Å². The van der Waals surface area contributed by atoms with Crippen molar-refractivity contribution in [2.75, 3.05) is 4.90 Å². The van der Waals surface area contributed by atoms with Crippen LogP contribution in [0.1, 0.15) is 45.7 Å². The monoisotopic (exact) mass is 261 g/mol. The largest absolute Gasteiger partial charge is 0.481 e. The van der Waals surface area contributed by atoms with E-state index in [2.05, 4.69) is 37.8 Å². The van der Waals surface area contributed by atoms with Crippen LogP contribution in [0.2, 0.25) is 0 Å². The Bertz CT molecular complexity index is 505. The minimum absolute atomic E-state index is 0.430. The first-order valence-electron chi connectivity index (χ1n) is 6.90. The van der Waals surface area contributed by atoms with Gasteiger partial charge in [-0.25, -0.2) is 0 Å². The van der Waals surface area contributed by atoms with Crippen molar-refractivity contribution in [3.05, 3.63) is 29.3 Å². The molecule has 1 unspecified atom stereocenters. The predicted molar refractivity (Wildman–Crippen MR) is 77.9 cm³/mol. The molecule has 1 N–H and O–H groups in total. The third kappa shape index (κ3) is 2.22. The molecule has 0 fully saturated rings. The third-order valence-electron chi connectivity index (χ3n) is 4.17. The summed E-state index contributed by atoms with van der Waals surface area (Å²) in [6, 6.07) is 7.03. The van der Waals surface area contributed by atoms with Gasteiger partial charge in [-0.1, -0.05) is 12.1 Å². The quantitative estimate of drug-likeness (QED) is 0.908. The van der Waals surface area contributed by atoms with E-state index in [1.165, 1.54) is 11.3 Å². The number of rotatable bonds is 3. The highest BCUT2D eigenvalue weighted by molar-refractivity contribution is 5.81. The average molecular weight is 261 g/mol. The summed E-state index contributed by atoms with van der Waals surface area (Å²) in [6.45, 7) is 10.1. The molecule has 0 amide bonds. The molecule has 3 heteroatoms. The van der Waals surface area contributed by atoms with Gasteiger partial charge in [-0.05, 0) is 58.2 Å². The lowest BCUT2D eigenvalue weighted by Gasteiger charge is -2.30. The molecule has 1 aliphatic heterocycles. The van der Waals surface area contributed by atoms with Gasteiger partial charge in [-0.3, -0.25) is 4.79 Å². The second-order valence-corrected chi connectivity index (χ2v) is 6.33. The molecule has 2 rings (SSSR count). The van der Waals surface area contributed by atoms with Gasteiger partial charge in [0.2, 0.25) is 0 Å². The lowest BCUT2D eigenvalue weighted by Crippen LogP contribution is -2.36. The van der Waals surface area contributed by atoms with Crippen LogP contribution >= 0.6 is 0 Å². The number of carboxylic acids is 1. The van der Waals surface area contributed by atoms with Gasteiger partial charge in [-0.15, -0.1) is 0 Å². The summed E-state index contributed by atoms with van der Waals surface area (Å²) >= 11 is 0.